The molecule has 1 aliphatic heterocycles. The highest BCUT2D eigenvalue weighted by molar-refractivity contribution is 6.09. The molecular formula is C11H18N4. The summed E-state index contributed by atoms with van der Waals surface area (Å²) in [6.07, 6.45) is 4.78. The maximum atomic E-state index is 5.74. The van der Waals surface area contributed by atoms with Crippen LogP contribution in [0.3, 0.4) is 0 Å². The van der Waals surface area contributed by atoms with Gasteiger partial charge in [-0.25, -0.2) is 9.98 Å². The van der Waals surface area contributed by atoms with Gasteiger partial charge < -0.3 is 10.6 Å². The molecule has 0 aliphatic carbocycles. The van der Waals surface area contributed by atoms with Gasteiger partial charge in [-0.2, -0.15) is 0 Å². The van der Waals surface area contributed by atoms with Gasteiger partial charge in [0.05, 0.1) is 6.34 Å². The Kier molecular flexibility index (Phi) is 3.66. The van der Waals surface area contributed by atoms with Crippen molar-refractivity contribution in [3.8, 4) is 0 Å². The second-order valence-electron chi connectivity index (χ2n) is 3.58. The van der Waals surface area contributed by atoms with Crippen LogP contribution in [0.25, 0.3) is 0 Å². The highest BCUT2D eigenvalue weighted by Crippen LogP contribution is 2.14. The normalized spacial score (nSPS) is 22.8. The van der Waals surface area contributed by atoms with Crippen molar-refractivity contribution in [1.82, 2.24) is 4.90 Å². The fourth-order valence-corrected chi connectivity index (χ4v) is 1.34. The highest BCUT2D eigenvalue weighted by atomic mass is 15.2. The molecule has 1 rings (SSSR count). The number of nitrogens with zero attached hydrogens (tertiary/aromatic N) is 3. The van der Waals surface area contributed by atoms with E-state index in [9.17, 15) is 0 Å². The van der Waals surface area contributed by atoms with Crippen LogP contribution in [-0.2, 0) is 0 Å². The average molecular weight is 206 g/mol. The smallest absolute Gasteiger partial charge is 0.161 e. The largest absolute Gasteiger partial charge is 0.400 e. The summed E-state index contributed by atoms with van der Waals surface area (Å²) < 4.78 is 0. The van der Waals surface area contributed by atoms with Crippen LogP contribution in [0.2, 0.25) is 0 Å². The molecule has 0 fully saturated rings. The Hall–Kier alpha value is -1.58. The summed E-state index contributed by atoms with van der Waals surface area (Å²) >= 11 is 0. The van der Waals surface area contributed by atoms with E-state index in [4.69, 9.17) is 5.73 Å². The first kappa shape index (κ1) is 11.5. The van der Waals surface area contributed by atoms with Crippen molar-refractivity contribution in [2.45, 2.75) is 27.2 Å². The van der Waals surface area contributed by atoms with E-state index in [0.717, 1.165) is 23.7 Å². The van der Waals surface area contributed by atoms with Crippen molar-refractivity contribution in [2.24, 2.45) is 15.7 Å². The standard InChI is InChI=1S/C11H18N4/c1-5-6-8(2)14-11-10(9(3)12)13-7-15(11)4/h6-7H,5,12H2,1-4H3/b8-6+,10-9-,14-11+. The Balaban J connectivity index is 3.04. The Morgan fingerprint density at radius 3 is 2.80 bits per heavy atom. The van der Waals surface area contributed by atoms with Gasteiger partial charge in [-0.15, -0.1) is 0 Å². The van der Waals surface area contributed by atoms with Crippen molar-refractivity contribution < 1.29 is 0 Å². The van der Waals surface area contributed by atoms with Crippen molar-refractivity contribution in [3.05, 3.63) is 23.2 Å². The lowest BCUT2D eigenvalue weighted by Crippen LogP contribution is -2.21. The van der Waals surface area contributed by atoms with Crippen LogP contribution in [0.5, 0.6) is 0 Å². The first-order valence-electron chi connectivity index (χ1n) is 5.05. The molecule has 0 bridgehead atoms. The average Bonchev–Trinajstić information content (AvgIpc) is 2.48. The molecule has 1 aliphatic rings. The molecule has 0 saturated carbocycles. The van der Waals surface area contributed by atoms with Crippen LogP contribution in [-0.4, -0.2) is 24.1 Å². The molecule has 0 saturated heterocycles. The van der Waals surface area contributed by atoms with Crippen molar-refractivity contribution >= 4 is 12.2 Å². The van der Waals surface area contributed by atoms with E-state index in [-0.39, 0.29) is 0 Å². The SMILES string of the molecule is CC/C=C(C)/N=C1\C(=C(/C)N)N=CN1C. The van der Waals surface area contributed by atoms with Gasteiger partial charge in [-0.05, 0) is 20.3 Å². The zero-order valence-corrected chi connectivity index (χ0v) is 9.78. The molecule has 0 aromatic carbocycles. The Bertz CT molecular complexity index is 357. The van der Waals surface area contributed by atoms with Gasteiger partial charge >= 0.3 is 0 Å². The minimum atomic E-state index is 0.693. The molecule has 0 radical (unpaired) electrons. The van der Waals surface area contributed by atoms with Crippen molar-refractivity contribution in [3.63, 3.8) is 0 Å². The topological polar surface area (TPSA) is 54.0 Å². The molecule has 0 spiro atoms. The van der Waals surface area contributed by atoms with Gasteiger partial charge in [0.25, 0.3) is 0 Å². The number of likely N-dealkylation sites (N-methyl/N-ethyl adjacent to an activating group) is 1. The van der Waals surface area contributed by atoms with Crippen LogP contribution < -0.4 is 5.73 Å². The zero-order valence-electron chi connectivity index (χ0n) is 9.78. The van der Waals surface area contributed by atoms with Gasteiger partial charge in [0.15, 0.2) is 5.84 Å². The predicted octanol–water partition coefficient (Wildman–Crippen LogP) is 1.86. The maximum absolute atomic E-state index is 5.74. The maximum Gasteiger partial charge on any atom is 0.161 e. The Morgan fingerprint density at radius 1 is 1.60 bits per heavy atom. The third-order valence-electron chi connectivity index (χ3n) is 2.06. The van der Waals surface area contributed by atoms with Crippen LogP contribution in [0.4, 0.5) is 0 Å². The molecule has 0 unspecified atom stereocenters. The summed E-state index contributed by atoms with van der Waals surface area (Å²) in [6, 6.07) is 0. The molecule has 0 atom stereocenters. The van der Waals surface area contributed by atoms with Gasteiger partial charge in [-0.1, -0.05) is 13.0 Å². The van der Waals surface area contributed by atoms with E-state index in [0.29, 0.717) is 5.70 Å². The van der Waals surface area contributed by atoms with Crippen LogP contribution in [0.1, 0.15) is 27.2 Å². The number of rotatable bonds is 2. The summed E-state index contributed by atoms with van der Waals surface area (Å²) in [6.45, 7) is 5.90. The fraction of sp³-hybridized carbons (Fsp3) is 0.455. The molecule has 4 heteroatoms. The summed E-state index contributed by atoms with van der Waals surface area (Å²) in [5.41, 5.74) is 8.19. The van der Waals surface area contributed by atoms with Gasteiger partial charge in [-0.3, -0.25) is 0 Å². The number of aliphatic imine (C=N–C) groups is 2. The van der Waals surface area contributed by atoms with E-state index < -0.39 is 0 Å². The van der Waals surface area contributed by atoms with E-state index in [1.165, 1.54) is 0 Å². The predicted molar refractivity (Wildman–Crippen MR) is 64.6 cm³/mol. The lowest BCUT2D eigenvalue weighted by Gasteiger charge is -2.09. The second kappa shape index (κ2) is 4.77. The van der Waals surface area contributed by atoms with E-state index in [1.807, 2.05) is 25.8 Å². The minimum Gasteiger partial charge on any atom is -0.400 e. The van der Waals surface area contributed by atoms with Gasteiger partial charge in [0.1, 0.15) is 5.70 Å². The van der Waals surface area contributed by atoms with Crippen molar-refractivity contribution in [1.29, 1.82) is 0 Å². The monoisotopic (exact) mass is 206 g/mol. The molecule has 2 N–H and O–H groups in total. The molecular weight excluding hydrogens is 188 g/mol. The molecule has 15 heavy (non-hydrogen) atoms. The quantitative estimate of drug-likeness (QED) is 0.749. The second-order valence-corrected chi connectivity index (χ2v) is 3.58. The van der Waals surface area contributed by atoms with Crippen LogP contribution in [0.15, 0.2) is 33.2 Å². The Labute approximate surface area is 90.9 Å². The van der Waals surface area contributed by atoms with Crippen molar-refractivity contribution in [2.75, 3.05) is 7.05 Å². The van der Waals surface area contributed by atoms with E-state index in [2.05, 4.69) is 23.0 Å². The summed E-state index contributed by atoms with van der Waals surface area (Å²) in [4.78, 5) is 10.6. The summed E-state index contributed by atoms with van der Waals surface area (Å²) in [5.74, 6) is 0.817. The van der Waals surface area contributed by atoms with Gasteiger partial charge in [0, 0.05) is 18.4 Å². The summed E-state index contributed by atoms with van der Waals surface area (Å²) in [5, 5.41) is 0. The lowest BCUT2D eigenvalue weighted by atomic mass is 10.3. The number of hydrogen-bond donors (Lipinski definition) is 1. The molecule has 4 nitrogen and oxygen atoms in total. The first-order valence-corrected chi connectivity index (χ1v) is 5.05. The molecule has 82 valence electrons. The van der Waals surface area contributed by atoms with E-state index in [1.54, 1.807) is 6.34 Å². The number of allylic oxidation sites excluding steroid dienone is 3. The van der Waals surface area contributed by atoms with Crippen LogP contribution >= 0.6 is 0 Å². The molecule has 0 amide bonds. The molecule has 0 aromatic rings. The molecule has 1 heterocycles. The minimum absolute atomic E-state index is 0.693. The fourth-order valence-electron chi connectivity index (χ4n) is 1.34. The molecule has 0 aromatic heterocycles. The number of hydrogen-bond acceptors (Lipinski definition) is 3. The zero-order chi connectivity index (χ0) is 11.4. The summed E-state index contributed by atoms with van der Waals surface area (Å²) in [7, 11) is 1.91. The third kappa shape index (κ3) is 2.68. The van der Waals surface area contributed by atoms with E-state index >= 15 is 0 Å². The number of amidine groups is 1. The Morgan fingerprint density at radius 2 is 2.27 bits per heavy atom. The number of nitrogens with two attached hydrogens (primary N) is 1. The highest BCUT2D eigenvalue weighted by Gasteiger charge is 2.18. The first-order chi connectivity index (χ1) is 7.06. The third-order valence-corrected chi connectivity index (χ3v) is 2.06. The van der Waals surface area contributed by atoms with Gasteiger partial charge in [0.2, 0.25) is 0 Å². The lowest BCUT2D eigenvalue weighted by molar-refractivity contribution is 0.792. The van der Waals surface area contributed by atoms with Crippen LogP contribution in [0, 0.1) is 0 Å².